The Bertz CT molecular complexity index is 682. The van der Waals surface area contributed by atoms with Crippen LogP contribution in [0.15, 0.2) is 17.5 Å². The third kappa shape index (κ3) is 3.09. The maximum absolute atomic E-state index is 13.4. The third-order valence-electron chi connectivity index (χ3n) is 6.05. The largest absolute Gasteiger partial charge is 0.350 e. The lowest BCUT2D eigenvalue weighted by molar-refractivity contribution is -0.131. The van der Waals surface area contributed by atoms with Crippen LogP contribution in [0.1, 0.15) is 56.2 Å². The fraction of sp³-hybridized carbons (Fsp3) is 0.632. The van der Waals surface area contributed by atoms with E-state index in [-0.39, 0.29) is 34.9 Å². The molecule has 2 atom stereocenters. The van der Waals surface area contributed by atoms with E-state index in [1.807, 2.05) is 11.4 Å². The summed E-state index contributed by atoms with van der Waals surface area (Å²) in [6.07, 6.45) is 7.54. The summed E-state index contributed by atoms with van der Waals surface area (Å²) in [5.41, 5.74) is -0.427. The number of nitrogens with one attached hydrogen (secondary N) is 1. The van der Waals surface area contributed by atoms with Crippen LogP contribution < -0.4 is 5.32 Å². The van der Waals surface area contributed by atoms with Crippen molar-refractivity contribution >= 4 is 40.2 Å². The Hall–Kier alpha value is -1.34. The van der Waals surface area contributed by atoms with E-state index < -0.39 is 5.41 Å². The number of rotatable bonds is 4. The van der Waals surface area contributed by atoms with Gasteiger partial charge in [-0.05, 0) is 37.1 Å². The van der Waals surface area contributed by atoms with E-state index in [9.17, 15) is 14.4 Å². The molecule has 1 aromatic rings. The van der Waals surface area contributed by atoms with Crippen molar-refractivity contribution in [2.45, 2.75) is 68.9 Å². The van der Waals surface area contributed by atoms with Crippen LogP contribution in [0.25, 0.3) is 0 Å². The summed E-state index contributed by atoms with van der Waals surface area (Å²) < 4.78 is 0. The van der Waals surface area contributed by atoms with Crippen LogP contribution in [0.4, 0.5) is 4.79 Å². The van der Waals surface area contributed by atoms with E-state index in [0.29, 0.717) is 0 Å². The predicted octanol–water partition coefficient (Wildman–Crippen LogP) is 3.68. The number of thioether (sulfide) groups is 1. The van der Waals surface area contributed by atoms with Gasteiger partial charge in [0.2, 0.25) is 11.8 Å². The summed E-state index contributed by atoms with van der Waals surface area (Å²) >= 11 is 2.73. The van der Waals surface area contributed by atoms with E-state index in [2.05, 4.69) is 11.4 Å². The maximum Gasteiger partial charge on any atom is 0.289 e. The van der Waals surface area contributed by atoms with Gasteiger partial charge in [-0.1, -0.05) is 43.5 Å². The zero-order valence-corrected chi connectivity index (χ0v) is 16.4. The summed E-state index contributed by atoms with van der Waals surface area (Å²) in [5, 5.41) is 5.15. The van der Waals surface area contributed by atoms with Crippen molar-refractivity contribution in [2.75, 3.05) is 5.75 Å². The van der Waals surface area contributed by atoms with Crippen molar-refractivity contribution in [2.24, 2.45) is 0 Å². The second-order valence-corrected chi connectivity index (χ2v) is 9.39. The van der Waals surface area contributed by atoms with Gasteiger partial charge in [0.1, 0.15) is 0 Å². The highest BCUT2D eigenvalue weighted by Gasteiger charge is 2.46. The molecule has 0 spiro atoms. The topological polar surface area (TPSA) is 66.5 Å². The Labute approximate surface area is 161 Å². The van der Waals surface area contributed by atoms with E-state index in [0.717, 1.165) is 68.0 Å². The minimum absolute atomic E-state index is 0.0843. The monoisotopic (exact) mass is 392 g/mol. The molecule has 5 nitrogen and oxygen atoms in total. The molecule has 1 aromatic heterocycles. The Balaban J connectivity index is 1.55. The minimum atomic E-state index is -0.427. The second-order valence-electron chi connectivity index (χ2n) is 7.52. The summed E-state index contributed by atoms with van der Waals surface area (Å²) in [5.74, 6) is 0.205. The first-order chi connectivity index (χ1) is 12.6. The number of imide groups is 1. The molecule has 0 radical (unpaired) electrons. The highest BCUT2D eigenvalue weighted by Crippen LogP contribution is 2.43. The number of hydrogen-bond donors (Lipinski definition) is 1. The molecule has 4 rings (SSSR count). The number of carbonyl (C=O) groups is 3. The minimum Gasteiger partial charge on any atom is -0.350 e. The molecule has 1 saturated heterocycles. The van der Waals surface area contributed by atoms with Gasteiger partial charge in [0.15, 0.2) is 0 Å². The van der Waals surface area contributed by atoms with Gasteiger partial charge in [-0.2, -0.15) is 0 Å². The van der Waals surface area contributed by atoms with Gasteiger partial charge in [-0.15, -0.1) is 11.3 Å². The summed E-state index contributed by atoms with van der Waals surface area (Å²) in [6, 6.07) is 3.76. The van der Waals surface area contributed by atoms with Gasteiger partial charge in [0.25, 0.3) is 5.24 Å². The standard InChI is InChI=1S/C19H24N2O3S2/c22-16-12-26-18(24)21(16)14-7-2-1-6-13(14)20-17(23)19(9-3-4-10-19)15-8-5-11-25-15/h5,8,11,13-14H,1-4,6-7,9-10,12H2,(H,20,23)/t13-,14-/m0/s1. The molecule has 26 heavy (non-hydrogen) atoms. The van der Waals surface area contributed by atoms with Crippen molar-refractivity contribution in [3.05, 3.63) is 22.4 Å². The van der Waals surface area contributed by atoms with Crippen molar-refractivity contribution in [1.29, 1.82) is 0 Å². The average molecular weight is 393 g/mol. The van der Waals surface area contributed by atoms with Crippen molar-refractivity contribution < 1.29 is 14.4 Å². The Morgan fingerprint density at radius 3 is 2.58 bits per heavy atom. The molecule has 7 heteroatoms. The zero-order valence-electron chi connectivity index (χ0n) is 14.7. The van der Waals surface area contributed by atoms with Gasteiger partial charge < -0.3 is 5.32 Å². The van der Waals surface area contributed by atoms with E-state index in [1.54, 1.807) is 11.3 Å². The first-order valence-electron chi connectivity index (χ1n) is 9.45. The average Bonchev–Trinajstić information content (AvgIpc) is 3.37. The molecule has 2 aliphatic carbocycles. The maximum atomic E-state index is 13.4. The van der Waals surface area contributed by atoms with Crippen molar-refractivity contribution in [1.82, 2.24) is 10.2 Å². The fourth-order valence-electron chi connectivity index (χ4n) is 4.69. The molecule has 0 bridgehead atoms. The lowest BCUT2D eigenvalue weighted by atomic mass is 9.82. The lowest BCUT2D eigenvalue weighted by Crippen LogP contribution is -2.57. The van der Waals surface area contributed by atoms with Gasteiger partial charge in [-0.3, -0.25) is 19.3 Å². The van der Waals surface area contributed by atoms with Crippen LogP contribution in [0.5, 0.6) is 0 Å². The van der Waals surface area contributed by atoms with Crippen molar-refractivity contribution in [3.63, 3.8) is 0 Å². The van der Waals surface area contributed by atoms with Crippen LogP contribution in [-0.4, -0.2) is 39.8 Å². The zero-order chi connectivity index (χ0) is 18.1. The predicted molar refractivity (Wildman–Crippen MR) is 103 cm³/mol. The quantitative estimate of drug-likeness (QED) is 0.849. The molecule has 2 saturated carbocycles. The molecule has 2 heterocycles. The molecular weight excluding hydrogens is 368 g/mol. The van der Waals surface area contributed by atoms with Crippen LogP contribution in [-0.2, 0) is 15.0 Å². The molecular formula is C19H24N2O3S2. The van der Waals surface area contributed by atoms with Gasteiger partial charge in [0.05, 0.1) is 17.2 Å². The Morgan fingerprint density at radius 1 is 1.15 bits per heavy atom. The van der Waals surface area contributed by atoms with Crippen LogP contribution in [0.2, 0.25) is 0 Å². The number of amides is 3. The molecule has 1 aliphatic heterocycles. The lowest BCUT2D eigenvalue weighted by Gasteiger charge is -2.39. The van der Waals surface area contributed by atoms with Gasteiger partial charge >= 0.3 is 0 Å². The van der Waals surface area contributed by atoms with Crippen LogP contribution in [0, 0.1) is 0 Å². The van der Waals surface area contributed by atoms with E-state index in [4.69, 9.17) is 0 Å². The van der Waals surface area contributed by atoms with Crippen LogP contribution >= 0.6 is 23.1 Å². The second kappa shape index (κ2) is 7.35. The third-order valence-corrected chi connectivity index (χ3v) is 7.96. The van der Waals surface area contributed by atoms with E-state index >= 15 is 0 Å². The SMILES string of the molecule is O=C1CSC(=O)N1[C@H]1CCCC[C@@H]1NC(=O)C1(c2cccs2)CCCC1. The Morgan fingerprint density at radius 2 is 1.92 bits per heavy atom. The Kier molecular flexibility index (Phi) is 5.10. The molecule has 140 valence electrons. The number of thiophene rings is 1. The molecule has 0 aromatic carbocycles. The first-order valence-corrected chi connectivity index (χ1v) is 11.3. The number of nitrogens with zero attached hydrogens (tertiary/aromatic N) is 1. The van der Waals surface area contributed by atoms with Gasteiger partial charge in [0, 0.05) is 10.9 Å². The molecule has 3 aliphatic rings. The van der Waals surface area contributed by atoms with E-state index in [1.165, 1.54) is 4.90 Å². The summed E-state index contributed by atoms with van der Waals surface area (Å²) in [7, 11) is 0. The summed E-state index contributed by atoms with van der Waals surface area (Å²) in [4.78, 5) is 40.3. The first kappa shape index (κ1) is 18.0. The van der Waals surface area contributed by atoms with Gasteiger partial charge in [-0.25, -0.2) is 0 Å². The van der Waals surface area contributed by atoms with Crippen molar-refractivity contribution in [3.8, 4) is 0 Å². The van der Waals surface area contributed by atoms with Crippen LogP contribution in [0.3, 0.4) is 0 Å². The highest BCUT2D eigenvalue weighted by atomic mass is 32.2. The number of hydrogen-bond acceptors (Lipinski definition) is 5. The normalized spacial score (nSPS) is 28.5. The molecule has 3 amide bonds. The molecule has 1 N–H and O–H groups in total. The highest BCUT2D eigenvalue weighted by molar-refractivity contribution is 8.14. The molecule has 0 unspecified atom stereocenters. The summed E-state index contributed by atoms with van der Waals surface area (Å²) in [6.45, 7) is 0. The fourth-order valence-corrected chi connectivity index (χ4v) is 6.44. The number of carbonyl (C=O) groups excluding carboxylic acids is 3. The smallest absolute Gasteiger partial charge is 0.289 e. The molecule has 3 fully saturated rings.